The predicted octanol–water partition coefficient (Wildman–Crippen LogP) is 3.04. The molecule has 0 atom stereocenters. The molecule has 0 saturated heterocycles. The molecule has 0 bridgehead atoms. The lowest BCUT2D eigenvalue weighted by Gasteiger charge is -2.31. The molecule has 1 aromatic heterocycles. The van der Waals surface area contributed by atoms with E-state index in [0.717, 1.165) is 29.3 Å². The normalized spacial score (nSPS) is 15.9. The molecule has 0 aromatic carbocycles. The van der Waals surface area contributed by atoms with Crippen LogP contribution in [0, 0.1) is 6.92 Å². The van der Waals surface area contributed by atoms with E-state index < -0.39 is 0 Å². The van der Waals surface area contributed by atoms with E-state index in [0.29, 0.717) is 12.5 Å². The number of hydrogen-bond donors (Lipinski definition) is 0. The molecule has 1 aromatic rings. The Morgan fingerprint density at radius 3 is 2.84 bits per heavy atom. The number of methoxy groups -OCH3 is 1. The highest BCUT2D eigenvalue weighted by Crippen LogP contribution is 2.28. The molecule has 0 unspecified atom stereocenters. The van der Waals surface area contributed by atoms with E-state index in [4.69, 9.17) is 9.47 Å². The maximum Gasteiger partial charge on any atom is 0.216 e. The van der Waals surface area contributed by atoms with Gasteiger partial charge in [-0.2, -0.15) is 0 Å². The lowest BCUT2D eigenvalue weighted by Crippen LogP contribution is -2.31. The molecular weight excluding hydrogens is 240 g/mol. The molecule has 2 rings (SSSR count). The summed E-state index contributed by atoms with van der Waals surface area (Å²) in [4.78, 5) is 6.56. The highest BCUT2D eigenvalue weighted by atomic mass is 16.5. The Bertz CT molecular complexity index is 521. The molecule has 0 fully saturated rings. The summed E-state index contributed by atoms with van der Waals surface area (Å²) in [5.74, 6) is 1.61. The summed E-state index contributed by atoms with van der Waals surface area (Å²) in [6, 6.07) is 2.09. The Morgan fingerprint density at radius 2 is 2.21 bits per heavy atom. The summed E-state index contributed by atoms with van der Waals surface area (Å²) in [7, 11) is 1.64. The lowest BCUT2D eigenvalue weighted by atomic mass is 10.2. The van der Waals surface area contributed by atoms with Crippen molar-refractivity contribution in [2.45, 2.75) is 20.8 Å². The van der Waals surface area contributed by atoms with Gasteiger partial charge in [-0.1, -0.05) is 6.08 Å². The summed E-state index contributed by atoms with van der Waals surface area (Å²) in [5, 5.41) is 0. The van der Waals surface area contributed by atoms with Gasteiger partial charge in [-0.05, 0) is 32.9 Å². The van der Waals surface area contributed by atoms with Gasteiger partial charge in [0.05, 0.1) is 31.2 Å². The fraction of sp³-hybridized carbons (Fsp3) is 0.400. The van der Waals surface area contributed by atoms with Gasteiger partial charge in [-0.3, -0.25) is 0 Å². The quantitative estimate of drug-likeness (QED) is 0.836. The number of ether oxygens (including phenoxy) is 2. The van der Waals surface area contributed by atoms with E-state index in [9.17, 15) is 0 Å². The molecule has 2 heterocycles. The molecule has 1 aliphatic rings. The van der Waals surface area contributed by atoms with Crippen LogP contribution in [0.5, 0.6) is 5.88 Å². The monoisotopic (exact) mass is 260 g/mol. The van der Waals surface area contributed by atoms with Gasteiger partial charge < -0.3 is 14.4 Å². The van der Waals surface area contributed by atoms with Crippen LogP contribution in [-0.2, 0) is 4.74 Å². The Morgan fingerprint density at radius 1 is 1.42 bits per heavy atom. The maximum atomic E-state index is 5.61. The van der Waals surface area contributed by atoms with Gasteiger partial charge in [0.15, 0.2) is 0 Å². The summed E-state index contributed by atoms with van der Waals surface area (Å²) < 4.78 is 10.8. The Hall–Kier alpha value is -1.97. The summed E-state index contributed by atoms with van der Waals surface area (Å²) in [6.45, 7) is 7.51. The third-order valence-corrected chi connectivity index (χ3v) is 3.13. The third kappa shape index (κ3) is 2.72. The Balaban J connectivity index is 2.39. The van der Waals surface area contributed by atoms with Gasteiger partial charge >= 0.3 is 0 Å². The first-order chi connectivity index (χ1) is 9.17. The molecule has 0 amide bonds. The number of anilines is 1. The average Bonchev–Trinajstić information content (AvgIpc) is 2.41. The van der Waals surface area contributed by atoms with E-state index >= 15 is 0 Å². The van der Waals surface area contributed by atoms with Gasteiger partial charge in [0.2, 0.25) is 5.88 Å². The van der Waals surface area contributed by atoms with Gasteiger partial charge in [0.25, 0.3) is 0 Å². The van der Waals surface area contributed by atoms with Crippen molar-refractivity contribution in [2.75, 3.05) is 25.2 Å². The van der Waals surface area contributed by atoms with Crippen molar-refractivity contribution in [1.82, 2.24) is 4.98 Å². The summed E-state index contributed by atoms with van der Waals surface area (Å²) >= 11 is 0. The molecule has 1 aliphatic heterocycles. The zero-order chi connectivity index (χ0) is 13.8. The molecule has 19 heavy (non-hydrogen) atoms. The van der Waals surface area contributed by atoms with Crippen LogP contribution in [0.3, 0.4) is 0 Å². The van der Waals surface area contributed by atoms with Crippen LogP contribution in [0.2, 0.25) is 0 Å². The second-order valence-corrected chi connectivity index (χ2v) is 4.46. The van der Waals surface area contributed by atoms with Crippen LogP contribution in [-0.4, -0.2) is 25.2 Å². The van der Waals surface area contributed by atoms with E-state index in [2.05, 4.69) is 22.0 Å². The average molecular weight is 260 g/mol. The number of allylic oxidation sites excluding steroid dienone is 3. The first kappa shape index (κ1) is 13.5. The predicted molar refractivity (Wildman–Crippen MR) is 76.3 cm³/mol. The van der Waals surface area contributed by atoms with E-state index in [1.54, 1.807) is 7.11 Å². The molecule has 4 nitrogen and oxygen atoms in total. The van der Waals surface area contributed by atoms with Crippen molar-refractivity contribution in [3.05, 3.63) is 41.4 Å². The smallest absolute Gasteiger partial charge is 0.216 e. The van der Waals surface area contributed by atoms with Crippen molar-refractivity contribution in [3.8, 4) is 5.88 Å². The second kappa shape index (κ2) is 5.78. The highest BCUT2D eigenvalue weighted by Gasteiger charge is 2.19. The lowest BCUT2D eigenvalue weighted by molar-refractivity contribution is 0.204. The minimum absolute atomic E-state index is 0.672. The van der Waals surface area contributed by atoms with Gasteiger partial charge in [-0.25, -0.2) is 4.98 Å². The standard InChI is InChI=1S/C15H20N2O2/c1-5-6-14-12(3)19-8-7-17(14)13-9-11(2)15(18-4)16-10-13/h5-6,9-10H,7-8H2,1-4H3. The van der Waals surface area contributed by atoms with Crippen molar-refractivity contribution < 1.29 is 9.47 Å². The van der Waals surface area contributed by atoms with Crippen molar-refractivity contribution in [1.29, 1.82) is 0 Å². The van der Waals surface area contributed by atoms with Gasteiger partial charge in [0.1, 0.15) is 12.4 Å². The maximum absolute atomic E-state index is 5.61. The summed E-state index contributed by atoms with van der Waals surface area (Å²) in [5.41, 5.74) is 3.18. The second-order valence-electron chi connectivity index (χ2n) is 4.46. The molecular formula is C15H20N2O2. The van der Waals surface area contributed by atoms with Crippen molar-refractivity contribution >= 4 is 5.69 Å². The number of pyridine rings is 1. The number of rotatable bonds is 3. The van der Waals surface area contributed by atoms with E-state index in [-0.39, 0.29) is 0 Å². The Labute approximate surface area is 114 Å². The molecule has 0 saturated carbocycles. The zero-order valence-electron chi connectivity index (χ0n) is 11.9. The largest absolute Gasteiger partial charge is 0.494 e. The first-order valence-corrected chi connectivity index (χ1v) is 6.42. The van der Waals surface area contributed by atoms with Crippen LogP contribution in [0.25, 0.3) is 0 Å². The van der Waals surface area contributed by atoms with Crippen molar-refractivity contribution in [2.24, 2.45) is 0 Å². The Kier molecular flexibility index (Phi) is 4.10. The van der Waals surface area contributed by atoms with Crippen LogP contribution in [0.4, 0.5) is 5.69 Å². The minimum atomic E-state index is 0.672. The molecule has 0 radical (unpaired) electrons. The number of aromatic nitrogens is 1. The first-order valence-electron chi connectivity index (χ1n) is 6.42. The van der Waals surface area contributed by atoms with E-state index in [1.807, 2.05) is 33.0 Å². The van der Waals surface area contributed by atoms with Crippen LogP contribution in [0.1, 0.15) is 19.4 Å². The fourth-order valence-electron chi connectivity index (χ4n) is 2.22. The number of aryl methyl sites for hydroxylation is 1. The summed E-state index contributed by atoms with van der Waals surface area (Å²) in [6.07, 6.45) is 5.92. The van der Waals surface area contributed by atoms with Crippen LogP contribution in [0.15, 0.2) is 35.9 Å². The zero-order valence-corrected chi connectivity index (χ0v) is 11.9. The minimum Gasteiger partial charge on any atom is -0.494 e. The molecule has 4 heteroatoms. The van der Waals surface area contributed by atoms with Crippen LogP contribution >= 0.6 is 0 Å². The van der Waals surface area contributed by atoms with Gasteiger partial charge in [0, 0.05) is 5.56 Å². The number of nitrogens with zero attached hydrogens (tertiary/aromatic N) is 2. The van der Waals surface area contributed by atoms with Crippen molar-refractivity contribution in [3.63, 3.8) is 0 Å². The fourth-order valence-corrected chi connectivity index (χ4v) is 2.22. The SMILES string of the molecule is CC=CC1=C(C)OCCN1c1cnc(OC)c(C)c1. The van der Waals surface area contributed by atoms with Crippen LogP contribution < -0.4 is 9.64 Å². The molecule has 102 valence electrons. The van der Waals surface area contributed by atoms with E-state index in [1.165, 1.54) is 0 Å². The topological polar surface area (TPSA) is 34.6 Å². The molecule has 0 aliphatic carbocycles. The third-order valence-electron chi connectivity index (χ3n) is 3.13. The molecule has 0 spiro atoms. The van der Waals surface area contributed by atoms with Gasteiger partial charge in [-0.15, -0.1) is 0 Å². The number of hydrogen-bond acceptors (Lipinski definition) is 4. The highest BCUT2D eigenvalue weighted by molar-refractivity contribution is 5.57. The molecule has 0 N–H and O–H groups in total.